The Morgan fingerprint density at radius 3 is 1.61 bits per heavy atom. The van der Waals surface area contributed by atoms with E-state index in [1.54, 1.807) is 0 Å². The second-order valence-electron chi connectivity index (χ2n) is 11.2. The summed E-state index contributed by atoms with van der Waals surface area (Å²) in [5.41, 5.74) is 1.58. The Bertz CT molecular complexity index is 1640. The van der Waals surface area contributed by atoms with E-state index in [0.717, 1.165) is 16.1 Å². The third-order valence-electron chi connectivity index (χ3n) is 8.11. The van der Waals surface area contributed by atoms with Gasteiger partial charge in [-0.25, -0.2) is 4.79 Å². The summed E-state index contributed by atoms with van der Waals surface area (Å²) in [6, 6.07) is 50.2. The van der Waals surface area contributed by atoms with Gasteiger partial charge in [0.1, 0.15) is 14.2 Å². The van der Waals surface area contributed by atoms with Crippen LogP contribution in [0.3, 0.4) is 0 Å². The van der Waals surface area contributed by atoms with Crippen molar-refractivity contribution in [3.63, 3.8) is 0 Å². The van der Waals surface area contributed by atoms with Crippen molar-refractivity contribution in [1.82, 2.24) is 0 Å². The molecule has 2 nitrogen and oxygen atoms in total. The molecule has 0 saturated heterocycles. The molecule has 44 heavy (non-hydrogen) atoms. The first-order chi connectivity index (χ1) is 21.4. The van der Waals surface area contributed by atoms with Crippen molar-refractivity contribution in [3.8, 4) is 0 Å². The predicted molar refractivity (Wildman–Crippen MR) is 191 cm³/mol. The Hall–Kier alpha value is -4.30. The van der Waals surface area contributed by atoms with Crippen molar-refractivity contribution in [2.75, 3.05) is 0 Å². The van der Waals surface area contributed by atoms with E-state index in [-0.39, 0.29) is 5.97 Å². The van der Waals surface area contributed by atoms with Crippen LogP contribution in [0.25, 0.3) is 0 Å². The molecule has 0 fully saturated rings. The van der Waals surface area contributed by atoms with E-state index in [1.165, 1.54) is 21.0 Å². The van der Waals surface area contributed by atoms with Crippen molar-refractivity contribution in [2.45, 2.75) is 32.9 Å². The molecule has 0 bridgehead atoms. The van der Waals surface area contributed by atoms with Crippen LogP contribution < -0.4 is 26.3 Å². The molecule has 0 unspecified atom stereocenters. The van der Waals surface area contributed by atoms with E-state index >= 15 is 0 Å². The summed E-state index contributed by atoms with van der Waals surface area (Å²) in [4.78, 5) is 14.4. The lowest BCUT2D eigenvalue weighted by Gasteiger charge is -2.36. The highest BCUT2D eigenvalue weighted by Crippen LogP contribution is 2.35. The van der Waals surface area contributed by atoms with Gasteiger partial charge in [0.15, 0.2) is 0 Å². The van der Waals surface area contributed by atoms with Gasteiger partial charge in [-0.3, -0.25) is 0 Å². The van der Waals surface area contributed by atoms with Crippen LogP contribution in [0.2, 0.25) is 6.55 Å². The summed E-state index contributed by atoms with van der Waals surface area (Å²) in [5.74, 6) is -0.303. The van der Waals surface area contributed by atoms with Gasteiger partial charge in [-0.15, -0.1) is 0 Å². The third-order valence-corrected chi connectivity index (χ3v) is 15.4. The Kier molecular flexibility index (Phi) is 10.2. The number of benzene rings is 5. The maximum absolute atomic E-state index is 14.4. The van der Waals surface area contributed by atoms with Gasteiger partial charge >= 0.3 is 5.97 Å². The van der Waals surface area contributed by atoms with Gasteiger partial charge < -0.3 is 4.74 Å². The number of carbonyl (C=O) groups is 1. The molecular weight excluding hydrogens is 571 g/mol. The zero-order chi connectivity index (χ0) is 30.9. The van der Waals surface area contributed by atoms with E-state index in [0.29, 0.717) is 12.0 Å². The molecule has 0 spiro atoms. The molecule has 5 aromatic rings. The molecule has 0 aliphatic rings. The Balaban J connectivity index is 1.59. The molecular formula is C40H39O2PSi. The Morgan fingerprint density at radius 1 is 0.727 bits per heavy atom. The SMILES string of the molecule is C=C(C)C[C@H](OC(=O)c1ccccc1P(c1ccccc1)c1ccccc1)/C(=C/C)[Si](C)(c1ccccc1)c1ccccc1. The lowest BCUT2D eigenvalue weighted by molar-refractivity contribution is 0.0388. The van der Waals surface area contributed by atoms with Crippen molar-refractivity contribution in [2.24, 2.45) is 0 Å². The van der Waals surface area contributed by atoms with Gasteiger partial charge in [0.2, 0.25) is 0 Å². The first-order valence-electron chi connectivity index (χ1n) is 15.1. The van der Waals surface area contributed by atoms with Gasteiger partial charge in [0, 0.05) is 6.42 Å². The highest BCUT2D eigenvalue weighted by atomic mass is 31.1. The molecule has 0 aromatic heterocycles. The molecule has 1 atom stereocenters. The van der Waals surface area contributed by atoms with Crippen molar-refractivity contribution in [3.05, 3.63) is 175 Å². The van der Waals surface area contributed by atoms with E-state index in [4.69, 9.17) is 4.74 Å². The fourth-order valence-corrected chi connectivity index (χ4v) is 12.5. The predicted octanol–water partition coefficient (Wildman–Crippen LogP) is 7.31. The number of carbonyl (C=O) groups excluding carboxylic acids is 1. The second-order valence-corrected chi connectivity index (χ2v) is 17.3. The normalized spacial score (nSPS) is 12.5. The molecule has 5 rings (SSSR count). The van der Waals surface area contributed by atoms with Gasteiger partial charge in [0.25, 0.3) is 0 Å². The number of hydrogen-bond donors (Lipinski definition) is 0. The summed E-state index contributed by atoms with van der Waals surface area (Å²) >= 11 is 0. The van der Waals surface area contributed by atoms with Gasteiger partial charge in [0.05, 0.1) is 5.56 Å². The first kappa shape index (κ1) is 31.1. The molecule has 0 heterocycles. The first-order valence-corrected chi connectivity index (χ1v) is 18.9. The molecule has 0 radical (unpaired) electrons. The van der Waals surface area contributed by atoms with Crippen molar-refractivity contribution >= 4 is 48.3 Å². The van der Waals surface area contributed by atoms with Crippen molar-refractivity contribution in [1.29, 1.82) is 0 Å². The fraction of sp³-hybridized carbons (Fsp3) is 0.125. The smallest absolute Gasteiger partial charge is 0.339 e. The van der Waals surface area contributed by atoms with Crippen LogP contribution in [0.1, 0.15) is 30.6 Å². The molecule has 0 saturated carbocycles. The Labute approximate surface area is 264 Å². The number of allylic oxidation sites excluding steroid dienone is 1. The fourth-order valence-electron chi connectivity index (χ4n) is 5.99. The maximum atomic E-state index is 14.4. The highest BCUT2D eigenvalue weighted by molar-refractivity contribution is 7.80. The van der Waals surface area contributed by atoms with Crippen LogP contribution in [-0.4, -0.2) is 20.1 Å². The molecule has 220 valence electrons. The van der Waals surface area contributed by atoms with Crippen LogP contribution in [0.5, 0.6) is 0 Å². The molecule has 4 heteroatoms. The third kappa shape index (κ3) is 6.75. The minimum absolute atomic E-state index is 0.303. The quantitative estimate of drug-likeness (QED) is 0.0679. The number of rotatable bonds is 11. The minimum Gasteiger partial charge on any atom is -0.454 e. The van der Waals surface area contributed by atoms with Crippen molar-refractivity contribution < 1.29 is 9.53 Å². The van der Waals surface area contributed by atoms with Gasteiger partial charge in [-0.05, 0) is 59.3 Å². The second kappa shape index (κ2) is 14.4. The van der Waals surface area contributed by atoms with E-state index in [2.05, 4.69) is 141 Å². The number of esters is 1. The summed E-state index contributed by atoms with van der Waals surface area (Å²) in [7, 11) is -3.50. The molecule has 0 N–H and O–H groups in total. The van der Waals surface area contributed by atoms with Crippen LogP contribution in [-0.2, 0) is 4.74 Å². The average molecular weight is 611 g/mol. The zero-order valence-electron chi connectivity index (χ0n) is 25.7. The van der Waals surface area contributed by atoms with Crippen LogP contribution in [0.4, 0.5) is 0 Å². The lowest BCUT2D eigenvalue weighted by Crippen LogP contribution is -2.60. The van der Waals surface area contributed by atoms with E-state index in [9.17, 15) is 4.79 Å². The van der Waals surface area contributed by atoms with Gasteiger partial charge in [-0.2, -0.15) is 0 Å². The maximum Gasteiger partial charge on any atom is 0.339 e. The lowest BCUT2D eigenvalue weighted by atomic mass is 10.1. The average Bonchev–Trinajstić information content (AvgIpc) is 3.07. The molecule has 0 amide bonds. The highest BCUT2D eigenvalue weighted by Gasteiger charge is 2.41. The molecule has 0 aliphatic carbocycles. The van der Waals surface area contributed by atoms with Crippen LogP contribution in [0, 0.1) is 0 Å². The number of ether oxygens (including phenoxy) is 1. The van der Waals surface area contributed by atoms with E-state index in [1.807, 2.05) is 37.3 Å². The number of hydrogen-bond acceptors (Lipinski definition) is 2. The summed E-state index contributed by atoms with van der Waals surface area (Å²) in [6.07, 6.45) is 2.29. The zero-order valence-corrected chi connectivity index (χ0v) is 27.6. The summed E-state index contributed by atoms with van der Waals surface area (Å²) in [6.45, 7) is 10.7. The summed E-state index contributed by atoms with van der Waals surface area (Å²) < 4.78 is 6.63. The molecule has 5 aromatic carbocycles. The van der Waals surface area contributed by atoms with Gasteiger partial charge in [-0.1, -0.05) is 164 Å². The summed E-state index contributed by atoms with van der Waals surface area (Å²) in [5, 5.41) is 7.09. The minimum atomic E-state index is -2.52. The molecule has 0 aliphatic heterocycles. The van der Waals surface area contributed by atoms with Crippen LogP contribution in [0.15, 0.2) is 169 Å². The monoisotopic (exact) mass is 610 g/mol. The standard InChI is InChI=1S/C40H39O2PSi/c1-5-39(44(4,34-24-14-8-15-25-34)35-26-16-9-17-27-35)37(30-31(2)3)42-40(41)36-28-18-19-29-38(36)43(32-20-10-6-11-21-32)33-22-12-7-13-23-33/h5-29,37H,2,30H2,1,3-4H3/b39-5-/t37-/m0/s1. The van der Waals surface area contributed by atoms with E-state index < -0.39 is 22.1 Å². The topological polar surface area (TPSA) is 26.3 Å². The largest absolute Gasteiger partial charge is 0.454 e. The Morgan fingerprint density at radius 2 is 1.16 bits per heavy atom. The van der Waals surface area contributed by atoms with Crippen LogP contribution >= 0.6 is 7.92 Å².